The maximum absolute atomic E-state index is 11.1. The lowest BCUT2D eigenvalue weighted by atomic mass is 10.1. The van der Waals surface area contributed by atoms with Crippen LogP contribution in [-0.4, -0.2) is 16.1 Å². The van der Waals surface area contributed by atoms with Crippen LogP contribution in [0.15, 0.2) is 24.3 Å². The Morgan fingerprint density at radius 3 is 2.33 bits per heavy atom. The number of aryl methyl sites for hydroxylation is 2. The van der Waals surface area contributed by atoms with E-state index in [1.807, 2.05) is 19.1 Å². The fourth-order valence-corrected chi connectivity index (χ4v) is 2.76. The van der Waals surface area contributed by atoms with Crippen molar-refractivity contribution < 1.29 is 9.90 Å². The van der Waals surface area contributed by atoms with Gasteiger partial charge in [-0.15, -0.1) is 11.3 Å². The van der Waals surface area contributed by atoms with E-state index in [2.05, 4.69) is 24.0 Å². The Balaban J connectivity index is 2.40. The summed E-state index contributed by atoms with van der Waals surface area (Å²) >= 11 is 1.25. The van der Waals surface area contributed by atoms with Crippen LogP contribution in [0.3, 0.4) is 0 Å². The summed E-state index contributed by atoms with van der Waals surface area (Å²) in [6, 6.07) is 8.12. The number of hydrogen-bond acceptors (Lipinski definition) is 3. The highest BCUT2D eigenvalue weighted by Crippen LogP contribution is 2.28. The summed E-state index contributed by atoms with van der Waals surface area (Å²) < 4.78 is 0. The molecule has 0 unspecified atom stereocenters. The standard InChI is InChI=1S/C14H15NO2S/c1-3-9-5-7-10(8-6-9)13-15-11(4-2)12(18-13)14(16)17/h5-8H,3-4H2,1-2H3,(H,16,17). The molecule has 0 saturated carbocycles. The number of carboxylic acid groups (broad SMARTS) is 1. The molecule has 0 atom stereocenters. The van der Waals surface area contributed by atoms with Gasteiger partial charge in [0.25, 0.3) is 0 Å². The molecule has 3 nitrogen and oxygen atoms in total. The minimum atomic E-state index is -0.888. The first kappa shape index (κ1) is 12.8. The van der Waals surface area contributed by atoms with Crippen molar-refractivity contribution in [3.05, 3.63) is 40.4 Å². The molecule has 94 valence electrons. The zero-order chi connectivity index (χ0) is 13.1. The summed E-state index contributed by atoms with van der Waals surface area (Å²) in [4.78, 5) is 15.9. The molecule has 0 bridgehead atoms. The van der Waals surface area contributed by atoms with Gasteiger partial charge in [0.05, 0.1) is 5.69 Å². The molecule has 1 N–H and O–H groups in total. The number of carboxylic acids is 1. The van der Waals surface area contributed by atoms with E-state index in [1.165, 1.54) is 16.9 Å². The van der Waals surface area contributed by atoms with Crippen LogP contribution in [0.5, 0.6) is 0 Å². The number of rotatable bonds is 4. The van der Waals surface area contributed by atoms with Crippen LogP contribution in [0.25, 0.3) is 10.6 Å². The topological polar surface area (TPSA) is 50.2 Å². The number of nitrogens with zero attached hydrogens (tertiary/aromatic N) is 1. The van der Waals surface area contributed by atoms with Gasteiger partial charge in [0.1, 0.15) is 9.88 Å². The van der Waals surface area contributed by atoms with Crippen LogP contribution in [0.2, 0.25) is 0 Å². The molecule has 0 saturated heterocycles. The Hall–Kier alpha value is -1.68. The number of hydrogen-bond donors (Lipinski definition) is 1. The Morgan fingerprint density at radius 1 is 1.22 bits per heavy atom. The molecule has 0 spiro atoms. The average Bonchev–Trinajstić information content (AvgIpc) is 2.83. The average molecular weight is 261 g/mol. The highest BCUT2D eigenvalue weighted by Gasteiger charge is 2.16. The lowest BCUT2D eigenvalue weighted by molar-refractivity contribution is 0.0701. The zero-order valence-corrected chi connectivity index (χ0v) is 11.3. The lowest BCUT2D eigenvalue weighted by Crippen LogP contribution is -1.97. The van der Waals surface area contributed by atoms with Crippen molar-refractivity contribution in [2.45, 2.75) is 26.7 Å². The first-order valence-electron chi connectivity index (χ1n) is 5.98. The van der Waals surface area contributed by atoms with Crippen LogP contribution in [-0.2, 0) is 12.8 Å². The molecule has 0 amide bonds. The van der Waals surface area contributed by atoms with Gasteiger partial charge in [-0.1, -0.05) is 38.1 Å². The van der Waals surface area contributed by atoms with E-state index in [9.17, 15) is 4.79 Å². The van der Waals surface area contributed by atoms with Crippen LogP contribution in [0, 0.1) is 0 Å². The second kappa shape index (κ2) is 5.31. The van der Waals surface area contributed by atoms with Gasteiger partial charge >= 0.3 is 5.97 Å². The smallest absolute Gasteiger partial charge is 0.347 e. The van der Waals surface area contributed by atoms with Crippen molar-refractivity contribution in [1.82, 2.24) is 4.98 Å². The summed E-state index contributed by atoms with van der Waals surface area (Å²) in [6.45, 7) is 4.03. The van der Waals surface area contributed by atoms with Crippen LogP contribution < -0.4 is 0 Å². The highest BCUT2D eigenvalue weighted by molar-refractivity contribution is 7.17. The highest BCUT2D eigenvalue weighted by atomic mass is 32.1. The number of aromatic carboxylic acids is 1. The zero-order valence-electron chi connectivity index (χ0n) is 10.4. The summed E-state index contributed by atoms with van der Waals surface area (Å²) in [6.07, 6.45) is 1.64. The fourth-order valence-electron chi connectivity index (χ4n) is 1.76. The molecule has 0 aliphatic rings. The Bertz CT molecular complexity index is 558. The SMILES string of the molecule is CCc1ccc(-c2nc(CC)c(C(=O)O)s2)cc1. The quantitative estimate of drug-likeness (QED) is 0.914. The van der Waals surface area contributed by atoms with Crippen LogP contribution in [0.1, 0.15) is 34.8 Å². The molecular weight excluding hydrogens is 246 g/mol. The number of carbonyl (C=O) groups is 1. The maximum atomic E-state index is 11.1. The summed E-state index contributed by atoms with van der Waals surface area (Å²) in [5, 5.41) is 9.89. The second-order valence-electron chi connectivity index (χ2n) is 4.00. The first-order valence-corrected chi connectivity index (χ1v) is 6.79. The van der Waals surface area contributed by atoms with Crippen molar-refractivity contribution in [1.29, 1.82) is 0 Å². The van der Waals surface area contributed by atoms with Crippen LogP contribution in [0.4, 0.5) is 0 Å². The van der Waals surface area contributed by atoms with Crippen LogP contribution >= 0.6 is 11.3 Å². The van der Waals surface area contributed by atoms with Crippen molar-refractivity contribution in [2.24, 2.45) is 0 Å². The molecule has 0 fully saturated rings. The van der Waals surface area contributed by atoms with Crippen molar-refractivity contribution in [3.63, 3.8) is 0 Å². The van der Waals surface area contributed by atoms with E-state index >= 15 is 0 Å². The molecule has 0 aliphatic carbocycles. The minimum Gasteiger partial charge on any atom is -0.477 e. The van der Waals surface area contributed by atoms with Crippen molar-refractivity contribution >= 4 is 17.3 Å². The summed E-state index contributed by atoms with van der Waals surface area (Å²) in [5.41, 5.74) is 2.92. The van der Waals surface area contributed by atoms with E-state index < -0.39 is 5.97 Å². The Kier molecular flexibility index (Phi) is 3.77. The number of thiazole rings is 1. The third kappa shape index (κ3) is 2.43. The number of benzene rings is 1. The first-order chi connectivity index (χ1) is 8.65. The maximum Gasteiger partial charge on any atom is 0.347 e. The van der Waals surface area contributed by atoms with E-state index in [0.717, 1.165) is 17.0 Å². The molecule has 2 rings (SSSR count). The molecule has 0 radical (unpaired) electrons. The van der Waals surface area contributed by atoms with Gasteiger partial charge in [-0.2, -0.15) is 0 Å². The van der Waals surface area contributed by atoms with Crippen molar-refractivity contribution in [3.8, 4) is 10.6 Å². The Morgan fingerprint density at radius 2 is 1.89 bits per heavy atom. The van der Waals surface area contributed by atoms with E-state index in [0.29, 0.717) is 17.0 Å². The molecule has 2 aromatic rings. The summed E-state index contributed by atoms with van der Waals surface area (Å²) in [5.74, 6) is -0.888. The van der Waals surface area contributed by atoms with Gasteiger partial charge in [0, 0.05) is 5.56 Å². The second-order valence-corrected chi connectivity index (χ2v) is 5.00. The van der Waals surface area contributed by atoms with Gasteiger partial charge in [-0.05, 0) is 18.4 Å². The van der Waals surface area contributed by atoms with Gasteiger partial charge in [-0.25, -0.2) is 9.78 Å². The molecule has 1 heterocycles. The third-order valence-corrected chi connectivity index (χ3v) is 3.97. The number of aromatic nitrogens is 1. The van der Waals surface area contributed by atoms with Crippen molar-refractivity contribution in [2.75, 3.05) is 0 Å². The van der Waals surface area contributed by atoms with E-state index in [-0.39, 0.29) is 0 Å². The van der Waals surface area contributed by atoms with Gasteiger partial charge in [-0.3, -0.25) is 0 Å². The monoisotopic (exact) mass is 261 g/mol. The largest absolute Gasteiger partial charge is 0.477 e. The summed E-state index contributed by atoms with van der Waals surface area (Å²) in [7, 11) is 0. The third-order valence-electron chi connectivity index (χ3n) is 2.84. The van der Waals surface area contributed by atoms with Gasteiger partial charge < -0.3 is 5.11 Å². The molecule has 1 aromatic heterocycles. The molecule has 18 heavy (non-hydrogen) atoms. The lowest BCUT2D eigenvalue weighted by Gasteiger charge is -1.98. The fraction of sp³-hybridized carbons (Fsp3) is 0.286. The molecular formula is C14H15NO2S. The molecule has 4 heteroatoms. The predicted molar refractivity (Wildman–Crippen MR) is 73.3 cm³/mol. The van der Waals surface area contributed by atoms with E-state index in [4.69, 9.17) is 5.11 Å². The van der Waals surface area contributed by atoms with Gasteiger partial charge in [0.15, 0.2) is 0 Å². The predicted octanol–water partition coefficient (Wildman–Crippen LogP) is 3.63. The Labute approximate surface area is 110 Å². The minimum absolute atomic E-state index is 0.354. The molecule has 0 aliphatic heterocycles. The molecule has 1 aromatic carbocycles. The normalized spacial score (nSPS) is 10.6. The van der Waals surface area contributed by atoms with Gasteiger partial charge in [0.2, 0.25) is 0 Å². The van der Waals surface area contributed by atoms with E-state index in [1.54, 1.807) is 0 Å².